The molecule has 27 heavy (non-hydrogen) atoms. The Bertz CT molecular complexity index is 864. The van der Waals surface area contributed by atoms with Gasteiger partial charge in [-0.05, 0) is 51.5 Å². The van der Waals surface area contributed by atoms with Crippen LogP contribution in [0.15, 0.2) is 46.8 Å². The van der Waals surface area contributed by atoms with Crippen LogP contribution in [0, 0.1) is 6.92 Å². The third kappa shape index (κ3) is 4.96. The highest BCUT2D eigenvalue weighted by Crippen LogP contribution is 2.20. The summed E-state index contributed by atoms with van der Waals surface area (Å²) < 4.78 is 2.89. The molecule has 0 saturated heterocycles. The first-order valence-corrected chi connectivity index (χ1v) is 9.71. The first-order valence-electron chi connectivity index (χ1n) is 9.71. The number of aryl methyl sites for hydroxylation is 2. The fraction of sp³-hybridized carbons (Fsp3) is 0.476. The minimum absolute atomic E-state index is 0.00904. The molecule has 1 amide bonds. The number of nitrogens with one attached hydrogen (secondary N) is 1. The van der Waals surface area contributed by atoms with E-state index in [-0.39, 0.29) is 24.2 Å². The molecule has 0 spiro atoms. The first kappa shape index (κ1) is 19.1. The second-order valence-corrected chi connectivity index (χ2v) is 7.19. The molecule has 1 atom stereocenters. The Morgan fingerprint density at radius 2 is 2.04 bits per heavy atom. The Kier molecular flexibility index (Phi) is 6.27. The van der Waals surface area contributed by atoms with Gasteiger partial charge in [0.2, 0.25) is 5.91 Å². The number of carbonyl (C=O) groups excluding carboxylic acids is 1. The zero-order valence-electron chi connectivity index (χ0n) is 16.1. The predicted octanol–water partition coefficient (Wildman–Crippen LogP) is 2.60. The van der Waals surface area contributed by atoms with E-state index < -0.39 is 0 Å². The number of benzene rings is 1. The maximum Gasteiger partial charge on any atom is 0.346 e. The normalized spacial score (nSPS) is 15.3. The minimum Gasteiger partial charge on any atom is -0.348 e. The van der Waals surface area contributed by atoms with Crippen molar-refractivity contribution in [3.8, 4) is 0 Å². The number of amides is 1. The summed E-state index contributed by atoms with van der Waals surface area (Å²) in [5, 5.41) is 7.27. The first-order chi connectivity index (χ1) is 13.0. The van der Waals surface area contributed by atoms with Crippen LogP contribution in [0.2, 0.25) is 0 Å². The summed E-state index contributed by atoms with van der Waals surface area (Å²) in [5.41, 5.74) is 2.22. The highest BCUT2D eigenvalue weighted by atomic mass is 16.2. The molecule has 6 heteroatoms. The number of hydrogen-bond donors (Lipinski definition) is 1. The second kappa shape index (κ2) is 8.84. The van der Waals surface area contributed by atoms with E-state index in [1.165, 1.54) is 28.7 Å². The summed E-state index contributed by atoms with van der Waals surface area (Å²) in [4.78, 5) is 25.0. The minimum atomic E-state index is -0.233. The van der Waals surface area contributed by atoms with Gasteiger partial charge in [0.15, 0.2) is 0 Å². The van der Waals surface area contributed by atoms with Gasteiger partial charge in [0, 0.05) is 12.6 Å². The Morgan fingerprint density at radius 1 is 1.26 bits per heavy atom. The third-order valence-corrected chi connectivity index (χ3v) is 5.13. The number of carbonyl (C=O) groups is 1. The van der Waals surface area contributed by atoms with Crippen molar-refractivity contribution < 1.29 is 4.79 Å². The van der Waals surface area contributed by atoms with Crippen LogP contribution in [0.5, 0.6) is 0 Å². The molecule has 0 aliphatic heterocycles. The van der Waals surface area contributed by atoms with Crippen LogP contribution in [-0.4, -0.2) is 26.3 Å². The molecule has 1 aromatic carbocycles. The topological polar surface area (TPSA) is 68.9 Å². The summed E-state index contributed by atoms with van der Waals surface area (Å²) in [6.45, 7) is 4.31. The molecule has 0 unspecified atom stereocenters. The van der Waals surface area contributed by atoms with Crippen LogP contribution < -0.4 is 11.0 Å². The van der Waals surface area contributed by atoms with Gasteiger partial charge < -0.3 is 5.32 Å². The fourth-order valence-corrected chi connectivity index (χ4v) is 3.57. The summed E-state index contributed by atoms with van der Waals surface area (Å²) in [7, 11) is 0. The van der Waals surface area contributed by atoms with Crippen LogP contribution in [0.3, 0.4) is 0 Å². The number of hydrogen-bond acceptors (Lipinski definition) is 3. The molecule has 6 nitrogen and oxygen atoms in total. The van der Waals surface area contributed by atoms with Crippen LogP contribution in [0.4, 0.5) is 0 Å². The van der Waals surface area contributed by atoms with E-state index in [0.717, 1.165) is 19.3 Å². The molecule has 0 fully saturated rings. The van der Waals surface area contributed by atoms with E-state index in [0.29, 0.717) is 12.4 Å². The molecule has 1 aliphatic carbocycles. The van der Waals surface area contributed by atoms with Crippen LogP contribution in [0.25, 0.3) is 0 Å². The summed E-state index contributed by atoms with van der Waals surface area (Å²) in [5.74, 6) is 0.454. The van der Waals surface area contributed by atoms with Gasteiger partial charge in [-0.3, -0.25) is 9.36 Å². The lowest BCUT2D eigenvalue weighted by molar-refractivity contribution is -0.122. The third-order valence-electron chi connectivity index (χ3n) is 5.13. The average molecular weight is 368 g/mol. The zero-order valence-corrected chi connectivity index (χ0v) is 16.1. The number of allylic oxidation sites excluding steroid dienone is 1. The van der Waals surface area contributed by atoms with E-state index in [1.54, 1.807) is 11.5 Å². The van der Waals surface area contributed by atoms with E-state index in [2.05, 4.69) is 16.5 Å². The number of rotatable bonds is 7. The Labute approximate surface area is 159 Å². The van der Waals surface area contributed by atoms with E-state index in [4.69, 9.17) is 0 Å². The molecule has 0 radical (unpaired) electrons. The molecular formula is C21H28N4O2. The molecule has 2 aromatic rings. The molecule has 1 aromatic heterocycles. The Hall–Kier alpha value is -2.63. The summed E-state index contributed by atoms with van der Waals surface area (Å²) >= 11 is 0. The van der Waals surface area contributed by atoms with Crippen molar-refractivity contribution in [2.75, 3.05) is 0 Å². The standard InChI is InChI=1S/C21H28N4O2/c1-16(19-11-7-4-8-12-19)22-20(26)15-25-21(27)24(17(2)23-25)14-13-18-9-5-3-6-10-18/h3,5-6,9-11,16H,4,7-8,12-15H2,1-2H3,(H,22,26)/t16-/m1/s1. The summed E-state index contributed by atoms with van der Waals surface area (Å²) in [6.07, 6.45) is 7.50. The maximum absolute atomic E-state index is 12.6. The van der Waals surface area contributed by atoms with Crippen molar-refractivity contribution in [1.29, 1.82) is 0 Å². The van der Waals surface area contributed by atoms with E-state index >= 15 is 0 Å². The van der Waals surface area contributed by atoms with Crippen LogP contribution >= 0.6 is 0 Å². The van der Waals surface area contributed by atoms with Crippen molar-refractivity contribution in [2.24, 2.45) is 0 Å². The van der Waals surface area contributed by atoms with Crippen LogP contribution in [-0.2, 0) is 24.3 Å². The molecule has 144 valence electrons. The molecule has 3 rings (SSSR count). The molecule has 1 aliphatic rings. The molecule has 1 heterocycles. The smallest absolute Gasteiger partial charge is 0.346 e. The number of aromatic nitrogens is 3. The van der Waals surface area contributed by atoms with Gasteiger partial charge in [-0.2, -0.15) is 5.10 Å². The quantitative estimate of drug-likeness (QED) is 0.764. The largest absolute Gasteiger partial charge is 0.348 e. The maximum atomic E-state index is 12.6. The van der Waals surface area contributed by atoms with Gasteiger partial charge in [-0.15, -0.1) is 0 Å². The average Bonchev–Trinajstić information content (AvgIpc) is 2.94. The highest BCUT2D eigenvalue weighted by Gasteiger charge is 2.17. The highest BCUT2D eigenvalue weighted by molar-refractivity contribution is 5.76. The second-order valence-electron chi connectivity index (χ2n) is 7.19. The van der Waals surface area contributed by atoms with Gasteiger partial charge >= 0.3 is 5.69 Å². The molecule has 0 saturated carbocycles. The van der Waals surface area contributed by atoms with Crippen molar-refractivity contribution in [2.45, 2.75) is 65.1 Å². The van der Waals surface area contributed by atoms with Crippen molar-refractivity contribution in [1.82, 2.24) is 19.7 Å². The van der Waals surface area contributed by atoms with Gasteiger partial charge in [0.25, 0.3) is 0 Å². The van der Waals surface area contributed by atoms with Gasteiger partial charge in [0.05, 0.1) is 0 Å². The monoisotopic (exact) mass is 368 g/mol. The van der Waals surface area contributed by atoms with Gasteiger partial charge in [0.1, 0.15) is 12.4 Å². The lowest BCUT2D eigenvalue weighted by Gasteiger charge is -2.20. The van der Waals surface area contributed by atoms with E-state index in [9.17, 15) is 9.59 Å². The van der Waals surface area contributed by atoms with Crippen molar-refractivity contribution in [3.63, 3.8) is 0 Å². The Balaban J connectivity index is 1.61. The molecule has 1 N–H and O–H groups in total. The molecule has 0 bridgehead atoms. The zero-order chi connectivity index (χ0) is 19.2. The fourth-order valence-electron chi connectivity index (χ4n) is 3.57. The van der Waals surface area contributed by atoms with Crippen molar-refractivity contribution >= 4 is 5.91 Å². The van der Waals surface area contributed by atoms with Crippen LogP contribution in [0.1, 0.15) is 44.0 Å². The lowest BCUT2D eigenvalue weighted by Crippen LogP contribution is -2.39. The van der Waals surface area contributed by atoms with Crippen molar-refractivity contribution in [3.05, 3.63) is 63.9 Å². The number of nitrogens with zero attached hydrogens (tertiary/aromatic N) is 3. The van der Waals surface area contributed by atoms with E-state index in [1.807, 2.05) is 37.3 Å². The molecular weight excluding hydrogens is 340 g/mol. The Morgan fingerprint density at radius 3 is 2.74 bits per heavy atom. The lowest BCUT2D eigenvalue weighted by atomic mass is 9.95. The SMILES string of the molecule is Cc1nn(CC(=O)N[C@H](C)C2=CCCCC2)c(=O)n1CCc1ccccc1. The summed E-state index contributed by atoms with van der Waals surface area (Å²) in [6, 6.07) is 10.0. The van der Waals surface area contributed by atoms with Gasteiger partial charge in [-0.1, -0.05) is 42.0 Å². The van der Waals surface area contributed by atoms with Gasteiger partial charge in [-0.25, -0.2) is 9.48 Å². The predicted molar refractivity (Wildman–Crippen MR) is 106 cm³/mol.